The Bertz CT molecular complexity index is 973. The van der Waals surface area contributed by atoms with Crippen LogP contribution in [0, 0.1) is 6.92 Å². The van der Waals surface area contributed by atoms with Crippen LogP contribution in [-0.2, 0) is 19.4 Å². The number of sulfone groups is 1. The molecule has 2 aliphatic rings. The lowest BCUT2D eigenvalue weighted by molar-refractivity contribution is -0.138. The van der Waals surface area contributed by atoms with Crippen LogP contribution in [0.5, 0.6) is 0 Å². The summed E-state index contributed by atoms with van der Waals surface area (Å²) in [4.78, 5) is 31.2. The van der Waals surface area contributed by atoms with Gasteiger partial charge in [-0.15, -0.1) is 0 Å². The number of nitrogens with zero attached hydrogens (tertiary/aromatic N) is 3. The summed E-state index contributed by atoms with van der Waals surface area (Å²) < 4.78 is 24.4. The average Bonchev–Trinajstić information content (AvgIpc) is 3.12. The van der Waals surface area contributed by atoms with E-state index in [-0.39, 0.29) is 35.6 Å². The fraction of sp³-hybridized carbons (Fsp3) is 0.550. The fourth-order valence-electron chi connectivity index (χ4n) is 3.92. The number of amidine groups is 1. The largest absolute Gasteiger partial charge is 0.481 e. The molecule has 2 heterocycles. The molecule has 1 amide bonds. The van der Waals surface area contributed by atoms with Crippen molar-refractivity contribution in [3.63, 3.8) is 0 Å². The summed E-state index contributed by atoms with van der Waals surface area (Å²) in [5.41, 5.74) is 2.88. The van der Waals surface area contributed by atoms with Crippen LogP contribution < -0.4 is 9.80 Å². The second kappa shape index (κ2) is 8.97. The molecule has 1 N–H and O–H groups in total. The molecular weight excluding hydrogens is 426 g/mol. The number of aliphatic imine (C=N–C) groups is 1. The first-order valence-electron chi connectivity index (χ1n) is 10.0. The normalized spacial score (nSPS) is 23.6. The van der Waals surface area contributed by atoms with Gasteiger partial charge in [-0.05, 0) is 44.5 Å². The Balaban J connectivity index is 1.96. The lowest BCUT2D eigenvalue weighted by Gasteiger charge is -2.28. The van der Waals surface area contributed by atoms with Gasteiger partial charge in [0.1, 0.15) is 0 Å². The minimum atomic E-state index is -3.15. The molecule has 0 aromatic heterocycles. The van der Waals surface area contributed by atoms with E-state index in [1.54, 1.807) is 0 Å². The van der Waals surface area contributed by atoms with E-state index in [4.69, 9.17) is 5.11 Å². The second-order valence-electron chi connectivity index (χ2n) is 7.50. The fourth-order valence-corrected chi connectivity index (χ4v) is 7.84. The van der Waals surface area contributed by atoms with Gasteiger partial charge < -0.3 is 14.9 Å². The molecule has 10 heteroatoms. The summed E-state index contributed by atoms with van der Waals surface area (Å²) in [6, 6.07) is 5.73. The summed E-state index contributed by atoms with van der Waals surface area (Å²) in [5.74, 6) is -1.49. The zero-order valence-electron chi connectivity index (χ0n) is 17.4. The van der Waals surface area contributed by atoms with E-state index in [1.807, 2.05) is 24.0 Å². The SMILES string of the molecule is CCN(CC)c1ccc(N2C(=NC(=O)CCC(=O)O)S[C@H]3CS(=O)(=O)C[C@H]32)c(C)c1. The number of hydrogen-bond donors (Lipinski definition) is 1. The predicted octanol–water partition coefficient (Wildman–Crippen LogP) is 2.31. The van der Waals surface area contributed by atoms with E-state index in [0.717, 1.165) is 30.0 Å². The first-order valence-corrected chi connectivity index (χ1v) is 12.7. The van der Waals surface area contributed by atoms with Gasteiger partial charge in [-0.2, -0.15) is 4.99 Å². The molecule has 2 aliphatic heterocycles. The Kier molecular flexibility index (Phi) is 6.76. The molecule has 1 aromatic rings. The highest BCUT2D eigenvalue weighted by Crippen LogP contribution is 2.42. The van der Waals surface area contributed by atoms with Crippen molar-refractivity contribution < 1.29 is 23.1 Å². The van der Waals surface area contributed by atoms with Crippen LogP contribution in [0.1, 0.15) is 32.3 Å². The quantitative estimate of drug-likeness (QED) is 0.670. The zero-order chi connectivity index (χ0) is 22.1. The van der Waals surface area contributed by atoms with Crippen molar-refractivity contribution >= 4 is 50.0 Å². The third kappa shape index (κ3) is 4.80. The van der Waals surface area contributed by atoms with Crippen molar-refractivity contribution in [1.29, 1.82) is 0 Å². The summed E-state index contributed by atoms with van der Waals surface area (Å²) in [7, 11) is -3.15. The van der Waals surface area contributed by atoms with Gasteiger partial charge in [0.25, 0.3) is 0 Å². The molecule has 0 unspecified atom stereocenters. The molecule has 0 radical (unpaired) electrons. The molecule has 0 spiro atoms. The van der Waals surface area contributed by atoms with Crippen LogP contribution in [0.3, 0.4) is 0 Å². The van der Waals surface area contributed by atoms with E-state index in [1.165, 1.54) is 11.8 Å². The third-order valence-electron chi connectivity index (χ3n) is 5.41. The van der Waals surface area contributed by atoms with E-state index in [0.29, 0.717) is 5.17 Å². The highest BCUT2D eigenvalue weighted by molar-refractivity contribution is 8.16. The van der Waals surface area contributed by atoms with Crippen molar-refractivity contribution in [2.45, 2.75) is 44.9 Å². The predicted molar refractivity (Wildman–Crippen MR) is 120 cm³/mol. The zero-order valence-corrected chi connectivity index (χ0v) is 19.0. The van der Waals surface area contributed by atoms with E-state index < -0.39 is 21.7 Å². The Labute approximate surface area is 181 Å². The number of hydrogen-bond acceptors (Lipinski definition) is 6. The number of carboxylic acid groups (broad SMARTS) is 1. The lowest BCUT2D eigenvalue weighted by atomic mass is 10.1. The first kappa shape index (κ1) is 22.6. The number of carboxylic acids is 1. The molecule has 164 valence electrons. The van der Waals surface area contributed by atoms with Crippen molar-refractivity contribution in [3.8, 4) is 0 Å². The number of aryl methyl sites for hydroxylation is 1. The van der Waals surface area contributed by atoms with Crippen molar-refractivity contribution in [1.82, 2.24) is 0 Å². The van der Waals surface area contributed by atoms with Crippen LogP contribution in [-0.4, -0.2) is 66.5 Å². The maximum Gasteiger partial charge on any atom is 0.303 e. The van der Waals surface area contributed by atoms with Crippen LogP contribution in [0.4, 0.5) is 11.4 Å². The summed E-state index contributed by atoms with van der Waals surface area (Å²) in [6.07, 6.45) is -0.458. The maximum absolute atomic E-state index is 12.2. The summed E-state index contributed by atoms with van der Waals surface area (Å²) >= 11 is 1.30. The first-order chi connectivity index (χ1) is 14.1. The number of carbonyl (C=O) groups excluding carboxylic acids is 1. The van der Waals surface area contributed by atoms with Crippen LogP contribution >= 0.6 is 11.8 Å². The number of rotatable bonds is 7. The molecule has 2 saturated heterocycles. The van der Waals surface area contributed by atoms with Crippen molar-refractivity contribution in [2.75, 3.05) is 34.4 Å². The Morgan fingerprint density at radius 3 is 2.53 bits per heavy atom. The number of carbonyl (C=O) groups is 2. The highest BCUT2D eigenvalue weighted by atomic mass is 32.2. The van der Waals surface area contributed by atoms with Crippen LogP contribution in [0.2, 0.25) is 0 Å². The Morgan fingerprint density at radius 1 is 1.23 bits per heavy atom. The van der Waals surface area contributed by atoms with Gasteiger partial charge in [0.2, 0.25) is 5.91 Å². The third-order valence-corrected chi connectivity index (χ3v) is 8.62. The van der Waals surface area contributed by atoms with Crippen LogP contribution in [0.25, 0.3) is 0 Å². The number of fused-ring (bicyclic) bond motifs is 1. The molecule has 3 rings (SSSR count). The molecule has 0 saturated carbocycles. The lowest BCUT2D eigenvalue weighted by Crippen LogP contribution is -2.38. The van der Waals surface area contributed by atoms with Gasteiger partial charge >= 0.3 is 5.97 Å². The van der Waals surface area contributed by atoms with E-state index in [9.17, 15) is 18.0 Å². The molecular formula is C20H27N3O5S2. The minimum absolute atomic E-state index is 0.0181. The molecule has 2 fully saturated rings. The Morgan fingerprint density at radius 2 is 1.93 bits per heavy atom. The van der Waals surface area contributed by atoms with Gasteiger partial charge in [-0.3, -0.25) is 9.59 Å². The average molecular weight is 454 g/mol. The van der Waals surface area contributed by atoms with Gasteiger partial charge in [0, 0.05) is 36.1 Å². The topological polar surface area (TPSA) is 107 Å². The Hall–Kier alpha value is -2.07. The van der Waals surface area contributed by atoms with E-state index in [2.05, 4.69) is 29.8 Å². The molecule has 0 bridgehead atoms. The number of anilines is 2. The van der Waals surface area contributed by atoms with Crippen molar-refractivity contribution in [2.24, 2.45) is 4.99 Å². The molecule has 8 nitrogen and oxygen atoms in total. The minimum Gasteiger partial charge on any atom is -0.481 e. The second-order valence-corrected chi connectivity index (χ2v) is 10.9. The van der Waals surface area contributed by atoms with Gasteiger partial charge in [0.15, 0.2) is 15.0 Å². The monoisotopic (exact) mass is 453 g/mol. The molecule has 1 aromatic carbocycles. The number of aliphatic carboxylic acids is 1. The van der Waals surface area contributed by atoms with Gasteiger partial charge in [-0.1, -0.05) is 11.8 Å². The summed E-state index contributed by atoms with van der Waals surface area (Å²) in [6.45, 7) is 7.90. The standard InChI is InChI=1S/C20H27N3O5S2/c1-4-22(5-2)14-6-7-15(13(3)10-14)23-16-11-30(27,28)12-17(16)29-20(23)21-18(24)8-9-19(25)26/h6-7,10,16-17H,4-5,8-9,11-12H2,1-3H3,(H,25,26)/t16-,17+/m1/s1. The number of thioether (sulfide) groups is 1. The van der Waals surface area contributed by atoms with Gasteiger partial charge in [0.05, 0.1) is 24.0 Å². The number of benzene rings is 1. The van der Waals surface area contributed by atoms with Gasteiger partial charge in [-0.25, -0.2) is 8.42 Å². The number of amides is 1. The van der Waals surface area contributed by atoms with E-state index >= 15 is 0 Å². The smallest absolute Gasteiger partial charge is 0.303 e. The highest BCUT2D eigenvalue weighted by Gasteiger charge is 2.49. The molecule has 2 atom stereocenters. The maximum atomic E-state index is 12.2. The van der Waals surface area contributed by atoms with Crippen molar-refractivity contribution in [3.05, 3.63) is 23.8 Å². The van der Waals surface area contributed by atoms with Crippen LogP contribution in [0.15, 0.2) is 23.2 Å². The summed E-state index contributed by atoms with van der Waals surface area (Å²) in [5, 5.41) is 9.06. The molecule has 30 heavy (non-hydrogen) atoms. The molecule has 0 aliphatic carbocycles.